The van der Waals surface area contributed by atoms with Crippen LogP contribution in [0.2, 0.25) is 0 Å². The first-order chi connectivity index (χ1) is 8.49. The number of rotatable bonds is 4. The number of carbonyl (C=O) groups is 1. The zero-order valence-corrected chi connectivity index (χ0v) is 12.1. The number of hydrogen-bond donors (Lipinski definition) is 1. The number of thiophene rings is 1. The zero-order valence-electron chi connectivity index (χ0n) is 11.3. The average molecular weight is 268 g/mol. The number of aliphatic imine (C=N–C) groups is 1. The number of carbonyl (C=O) groups excluding carboxylic acids is 1. The quantitative estimate of drug-likeness (QED) is 0.674. The maximum atomic E-state index is 11.9. The van der Waals surface area contributed by atoms with Crippen molar-refractivity contribution in [2.45, 2.75) is 33.7 Å². The standard InChI is InChI=1S/C13H20N2O2S/c1-9(2)8-17-13(14-10(3)4)15-12(16)11-6-5-7-18-11/h5-7,9-10H,8H2,1-4H3,(H,14,15,16). The summed E-state index contributed by atoms with van der Waals surface area (Å²) >= 11 is 1.39. The summed E-state index contributed by atoms with van der Waals surface area (Å²) in [5, 5.41) is 4.57. The van der Waals surface area contributed by atoms with Crippen molar-refractivity contribution < 1.29 is 9.53 Å². The van der Waals surface area contributed by atoms with E-state index in [-0.39, 0.29) is 11.9 Å². The highest BCUT2D eigenvalue weighted by Crippen LogP contribution is 2.08. The summed E-state index contributed by atoms with van der Waals surface area (Å²) in [6.45, 7) is 8.52. The second-order valence-corrected chi connectivity index (χ2v) is 5.61. The Hall–Kier alpha value is -1.36. The molecule has 0 fully saturated rings. The maximum Gasteiger partial charge on any atom is 0.291 e. The molecule has 100 valence electrons. The normalized spacial score (nSPS) is 12.0. The van der Waals surface area contributed by atoms with E-state index in [0.29, 0.717) is 23.4 Å². The van der Waals surface area contributed by atoms with Crippen LogP contribution in [0.1, 0.15) is 37.4 Å². The van der Waals surface area contributed by atoms with Gasteiger partial charge >= 0.3 is 0 Å². The van der Waals surface area contributed by atoms with E-state index in [1.54, 1.807) is 6.07 Å². The third-order valence-corrected chi connectivity index (χ3v) is 2.76. The summed E-state index contributed by atoms with van der Waals surface area (Å²) in [5.41, 5.74) is 0. The molecule has 0 spiro atoms. The van der Waals surface area contributed by atoms with E-state index in [2.05, 4.69) is 10.3 Å². The van der Waals surface area contributed by atoms with Crippen LogP contribution in [-0.2, 0) is 4.74 Å². The van der Waals surface area contributed by atoms with Gasteiger partial charge in [0, 0.05) is 6.04 Å². The molecule has 0 aliphatic carbocycles. The zero-order chi connectivity index (χ0) is 13.5. The summed E-state index contributed by atoms with van der Waals surface area (Å²) in [6, 6.07) is 4.00. The van der Waals surface area contributed by atoms with E-state index in [1.807, 2.05) is 39.1 Å². The minimum absolute atomic E-state index is 0.0794. The third-order valence-electron chi connectivity index (χ3n) is 1.89. The fraction of sp³-hybridized carbons (Fsp3) is 0.538. The molecule has 0 saturated carbocycles. The van der Waals surface area contributed by atoms with Crippen molar-refractivity contribution in [3.05, 3.63) is 22.4 Å². The molecular weight excluding hydrogens is 248 g/mol. The van der Waals surface area contributed by atoms with Gasteiger partial charge in [0.15, 0.2) is 0 Å². The summed E-state index contributed by atoms with van der Waals surface area (Å²) in [6.07, 6.45) is 0. The Bertz CT molecular complexity index is 397. The molecule has 1 aromatic rings. The maximum absolute atomic E-state index is 11.9. The van der Waals surface area contributed by atoms with Crippen LogP contribution in [0.3, 0.4) is 0 Å². The van der Waals surface area contributed by atoms with Crippen LogP contribution in [0.4, 0.5) is 0 Å². The van der Waals surface area contributed by atoms with Gasteiger partial charge in [-0.2, -0.15) is 0 Å². The van der Waals surface area contributed by atoms with Crippen LogP contribution in [0.25, 0.3) is 0 Å². The molecule has 1 aromatic heterocycles. The van der Waals surface area contributed by atoms with Crippen LogP contribution in [-0.4, -0.2) is 24.6 Å². The van der Waals surface area contributed by atoms with Gasteiger partial charge < -0.3 is 4.74 Å². The Labute approximate surface area is 112 Å². The molecule has 4 nitrogen and oxygen atoms in total. The molecule has 0 radical (unpaired) electrons. The Kier molecular flexibility index (Phi) is 5.85. The lowest BCUT2D eigenvalue weighted by Crippen LogP contribution is -2.33. The summed E-state index contributed by atoms with van der Waals surface area (Å²) < 4.78 is 5.51. The Morgan fingerprint density at radius 2 is 2.17 bits per heavy atom. The van der Waals surface area contributed by atoms with Crippen molar-refractivity contribution in [3.8, 4) is 0 Å². The summed E-state index contributed by atoms with van der Waals surface area (Å²) in [7, 11) is 0. The van der Waals surface area contributed by atoms with Gasteiger partial charge in [-0.3, -0.25) is 10.1 Å². The molecule has 1 N–H and O–H groups in total. The Morgan fingerprint density at radius 3 is 2.67 bits per heavy atom. The number of hydrogen-bond acceptors (Lipinski definition) is 4. The number of nitrogens with one attached hydrogen (secondary N) is 1. The first-order valence-electron chi connectivity index (χ1n) is 6.04. The molecule has 5 heteroatoms. The van der Waals surface area contributed by atoms with Crippen LogP contribution in [0.15, 0.2) is 22.5 Å². The van der Waals surface area contributed by atoms with Gasteiger partial charge in [-0.25, -0.2) is 4.99 Å². The molecule has 0 bridgehead atoms. The van der Waals surface area contributed by atoms with E-state index in [0.717, 1.165) is 0 Å². The van der Waals surface area contributed by atoms with E-state index in [1.165, 1.54) is 11.3 Å². The van der Waals surface area contributed by atoms with Crippen molar-refractivity contribution in [1.29, 1.82) is 0 Å². The largest absolute Gasteiger partial charge is 0.465 e. The molecule has 0 aliphatic heterocycles. The average Bonchev–Trinajstić information content (AvgIpc) is 2.78. The minimum atomic E-state index is -0.173. The Morgan fingerprint density at radius 1 is 1.44 bits per heavy atom. The van der Waals surface area contributed by atoms with E-state index in [9.17, 15) is 4.79 Å². The van der Waals surface area contributed by atoms with Crippen LogP contribution in [0.5, 0.6) is 0 Å². The van der Waals surface area contributed by atoms with Gasteiger partial charge in [-0.05, 0) is 31.2 Å². The summed E-state index contributed by atoms with van der Waals surface area (Å²) in [5.74, 6) is 0.217. The topological polar surface area (TPSA) is 50.7 Å². The number of ether oxygens (including phenoxy) is 1. The first-order valence-corrected chi connectivity index (χ1v) is 6.92. The van der Waals surface area contributed by atoms with Crippen molar-refractivity contribution in [1.82, 2.24) is 5.32 Å². The highest BCUT2D eigenvalue weighted by molar-refractivity contribution is 7.12. The molecule has 0 unspecified atom stereocenters. The number of amides is 1. The number of nitrogens with zero attached hydrogens (tertiary/aromatic N) is 1. The Balaban J connectivity index is 2.64. The van der Waals surface area contributed by atoms with E-state index < -0.39 is 0 Å². The molecule has 0 atom stereocenters. The lowest BCUT2D eigenvalue weighted by molar-refractivity contribution is 0.0967. The highest BCUT2D eigenvalue weighted by atomic mass is 32.1. The monoisotopic (exact) mass is 268 g/mol. The van der Waals surface area contributed by atoms with Gasteiger partial charge in [-0.15, -0.1) is 11.3 Å². The summed E-state index contributed by atoms with van der Waals surface area (Å²) in [4.78, 5) is 16.8. The minimum Gasteiger partial charge on any atom is -0.465 e. The molecule has 0 aromatic carbocycles. The second kappa shape index (κ2) is 7.16. The highest BCUT2D eigenvalue weighted by Gasteiger charge is 2.11. The molecule has 1 heterocycles. The lowest BCUT2D eigenvalue weighted by atomic mass is 10.2. The third kappa shape index (κ3) is 5.31. The smallest absolute Gasteiger partial charge is 0.291 e. The SMILES string of the molecule is CC(C)COC(=NC(C)C)NC(=O)c1cccs1. The molecule has 0 saturated heterocycles. The van der Waals surface area contributed by atoms with Crippen molar-refractivity contribution >= 4 is 23.3 Å². The van der Waals surface area contributed by atoms with Crippen molar-refractivity contribution in [2.24, 2.45) is 10.9 Å². The van der Waals surface area contributed by atoms with Crippen LogP contribution >= 0.6 is 11.3 Å². The van der Waals surface area contributed by atoms with Gasteiger partial charge in [0.1, 0.15) is 0 Å². The van der Waals surface area contributed by atoms with Crippen molar-refractivity contribution in [2.75, 3.05) is 6.61 Å². The molecule has 18 heavy (non-hydrogen) atoms. The molecule has 1 amide bonds. The van der Waals surface area contributed by atoms with Gasteiger partial charge in [-0.1, -0.05) is 19.9 Å². The molecule has 1 rings (SSSR count). The fourth-order valence-corrected chi connectivity index (χ4v) is 1.77. The van der Waals surface area contributed by atoms with Gasteiger partial charge in [0.05, 0.1) is 11.5 Å². The van der Waals surface area contributed by atoms with Crippen LogP contribution < -0.4 is 5.32 Å². The molecular formula is C13H20N2O2S. The fourth-order valence-electron chi connectivity index (χ4n) is 1.15. The van der Waals surface area contributed by atoms with Crippen LogP contribution in [0, 0.1) is 5.92 Å². The van der Waals surface area contributed by atoms with Gasteiger partial charge in [0.25, 0.3) is 11.9 Å². The predicted octanol–water partition coefficient (Wildman–Crippen LogP) is 2.91. The lowest BCUT2D eigenvalue weighted by Gasteiger charge is -2.12. The van der Waals surface area contributed by atoms with Crippen molar-refractivity contribution in [3.63, 3.8) is 0 Å². The predicted molar refractivity (Wildman–Crippen MR) is 75.1 cm³/mol. The first kappa shape index (κ1) is 14.7. The van der Waals surface area contributed by atoms with E-state index >= 15 is 0 Å². The van der Waals surface area contributed by atoms with Gasteiger partial charge in [0.2, 0.25) is 0 Å². The molecule has 0 aliphatic rings. The van der Waals surface area contributed by atoms with E-state index in [4.69, 9.17) is 4.74 Å². The number of amidine groups is 1. The second-order valence-electron chi connectivity index (χ2n) is 4.66.